The summed E-state index contributed by atoms with van der Waals surface area (Å²) in [6.07, 6.45) is 0. The zero-order chi connectivity index (χ0) is 40.5. The van der Waals surface area contributed by atoms with Crippen LogP contribution < -0.4 is 0 Å². The van der Waals surface area contributed by atoms with Gasteiger partial charge in [-0.05, 0) is 71.4 Å². The smallest absolute Gasteiger partial charge is 0.166 e. The van der Waals surface area contributed by atoms with Crippen molar-refractivity contribution in [3.63, 3.8) is 0 Å². The molecule has 9 aromatic carbocycles. The minimum atomic E-state index is 0.571. The first-order valence-electron chi connectivity index (χ1n) is 20.7. The Balaban J connectivity index is 1.09. The van der Waals surface area contributed by atoms with E-state index in [1.165, 1.54) is 56.5 Å². The molecule has 0 saturated heterocycles. The lowest BCUT2D eigenvalue weighted by atomic mass is 10.0. The van der Waals surface area contributed by atoms with Crippen LogP contribution in [0.2, 0.25) is 0 Å². The highest BCUT2D eigenvalue weighted by Gasteiger charge is 2.25. The van der Waals surface area contributed by atoms with E-state index in [4.69, 9.17) is 19.4 Å². The molecule has 0 radical (unpaired) electrons. The molecule has 0 aliphatic heterocycles. The van der Waals surface area contributed by atoms with Gasteiger partial charge in [0.1, 0.15) is 11.3 Å². The third kappa shape index (κ3) is 4.97. The van der Waals surface area contributed by atoms with Gasteiger partial charge in [0, 0.05) is 78.6 Å². The first-order chi connectivity index (χ1) is 30.7. The molecule has 0 amide bonds. The molecular weight excluding hydrogens is 797 g/mol. The van der Waals surface area contributed by atoms with Crippen molar-refractivity contribution in [3.8, 4) is 39.9 Å². The maximum absolute atomic E-state index is 6.95. The molecule has 0 saturated carbocycles. The summed E-state index contributed by atoms with van der Waals surface area (Å²) in [6.45, 7) is 0. The van der Waals surface area contributed by atoms with Gasteiger partial charge >= 0.3 is 0 Å². The summed E-state index contributed by atoms with van der Waals surface area (Å²) < 4.78 is 14.2. The molecule has 0 spiro atoms. The number of thiophene rings is 2. The van der Waals surface area contributed by atoms with Crippen LogP contribution in [0.4, 0.5) is 0 Å². The summed E-state index contributed by atoms with van der Waals surface area (Å²) in [5, 5.41) is 11.8. The van der Waals surface area contributed by atoms with Crippen LogP contribution >= 0.6 is 22.7 Å². The van der Waals surface area contributed by atoms with E-state index in [2.05, 4.69) is 174 Å². The number of hydrogen-bond acceptors (Lipinski definition) is 6. The number of rotatable bonds is 4. The molecule has 14 aromatic rings. The Labute approximate surface area is 361 Å². The third-order valence-electron chi connectivity index (χ3n) is 12.4. The van der Waals surface area contributed by atoms with Crippen LogP contribution in [0.15, 0.2) is 186 Å². The fourth-order valence-corrected chi connectivity index (χ4v) is 11.8. The average molecular weight is 827 g/mol. The number of nitrogens with zero attached hydrogens (tertiary/aromatic N) is 4. The van der Waals surface area contributed by atoms with E-state index >= 15 is 0 Å². The van der Waals surface area contributed by atoms with E-state index < -0.39 is 0 Å². The van der Waals surface area contributed by atoms with Gasteiger partial charge in [-0.2, -0.15) is 0 Å². The van der Waals surface area contributed by atoms with Gasteiger partial charge in [-0.3, -0.25) is 0 Å². The van der Waals surface area contributed by atoms with Gasteiger partial charge in [0.2, 0.25) is 0 Å². The zero-order valence-corrected chi connectivity index (χ0v) is 34.5. The van der Waals surface area contributed by atoms with E-state index in [1.54, 1.807) is 22.7 Å². The molecule has 62 heavy (non-hydrogen) atoms. The van der Waals surface area contributed by atoms with Crippen LogP contribution in [0.5, 0.6) is 0 Å². The van der Waals surface area contributed by atoms with Gasteiger partial charge in [0.25, 0.3) is 0 Å². The molecule has 0 unspecified atom stereocenters. The lowest BCUT2D eigenvalue weighted by molar-refractivity contribution is 0.666. The van der Waals surface area contributed by atoms with Crippen molar-refractivity contribution >= 4 is 118 Å². The van der Waals surface area contributed by atoms with E-state index in [9.17, 15) is 0 Å². The van der Waals surface area contributed by atoms with Gasteiger partial charge in [-0.1, -0.05) is 121 Å². The Morgan fingerprint density at radius 1 is 0.371 bits per heavy atom. The fourth-order valence-electron chi connectivity index (χ4n) is 9.56. The minimum Gasteiger partial charge on any atom is -0.454 e. The maximum atomic E-state index is 6.95. The summed E-state index contributed by atoms with van der Waals surface area (Å²) in [5.41, 5.74) is 7.38. The minimum absolute atomic E-state index is 0.571. The fraction of sp³-hybridized carbons (Fsp3) is 0. The Morgan fingerprint density at radius 2 is 0.903 bits per heavy atom. The number of furan rings is 1. The van der Waals surface area contributed by atoms with Crippen molar-refractivity contribution in [1.29, 1.82) is 0 Å². The highest BCUT2D eigenvalue weighted by atomic mass is 32.1. The molecular formula is C55H30N4OS2. The Kier molecular flexibility index (Phi) is 7.08. The third-order valence-corrected chi connectivity index (χ3v) is 14.7. The largest absolute Gasteiger partial charge is 0.454 e. The maximum Gasteiger partial charge on any atom is 0.166 e. The van der Waals surface area contributed by atoms with E-state index in [-0.39, 0.29) is 0 Å². The van der Waals surface area contributed by atoms with Crippen molar-refractivity contribution < 1.29 is 4.42 Å². The molecule has 0 atom stereocenters. The predicted molar refractivity (Wildman–Crippen MR) is 261 cm³/mol. The molecule has 0 aliphatic rings. The van der Waals surface area contributed by atoms with Crippen LogP contribution in [-0.2, 0) is 0 Å². The number of para-hydroxylation sites is 2. The van der Waals surface area contributed by atoms with Crippen molar-refractivity contribution in [2.45, 2.75) is 0 Å². The number of hydrogen-bond donors (Lipinski definition) is 0. The lowest BCUT2D eigenvalue weighted by Gasteiger charge is -2.15. The SMILES string of the molecule is c1ccc2cc3c(cc2c1)c1ccccc1n3-c1c(-c2nc(-c3ccc4c(c3)sc3ccccc34)nc(-c3ccc4c(c3)sc3ccccc34)n2)ccc2c1oc1ccccc12. The molecule has 0 bridgehead atoms. The van der Waals surface area contributed by atoms with Crippen LogP contribution in [0.3, 0.4) is 0 Å². The molecule has 0 fully saturated rings. The number of fused-ring (bicyclic) bond motifs is 13. The Hall–Kier alpha value is -7.71. The summed E-state index contributed by atoms with van der Waals surface area (Å²) >= 11 is 3.59. The predicted octanol–water partition coefficient (Wildman–Crippen LogP) is 15.8. The average Bonchev–Trinajstić information content (AvgIpc) is 4.09. The molecule has 14 rings (SSSR count). The van der Waals surface area contributed by atoms with Crippen molar-refractivity contribution in [2.75, 3.05) is 0 Å². The van der Waals surface area contributed by atoms with E-state index in [0.717, 1.165) is 60.7 Å². The summed E-state index contributed by atoms with van der Waals surface area (Å²) in [7, 11) is 0. The molecule has 0 N–H and O–H groups in total. The van der Waals surface area contributed by atoms with Gasteiger partial charge in [-0.25, -0.2) is 15.0 Å². The highest BCUT2D eigenvalue weighted by Crippen LogP contribution is 2.44. The van der Waals surface area contributed by atoms with Crippen LogP contribution in [0.1, 0.15) is 0 Å². The first kappa shape index (κ1) is 34.0. The molecule has 5 aromatic heterocycles. The second kappa shape index (κ2) is 12.9. The van der Waals surface area contributed by atoms with Crippen molar-refractivity contribution in [2.24, 2.45) is 0 Å². The van der Waals surface area contributed by atoms with Gasteiger partial charge in [-0.15, -0.1) is 22.7 Å². The lowest BCUT2D eigenvalue weighted by Crippen LogP contribution is -2.04. The normalized spacial score (nSPS) is 12.2. The highest BCUT2D eigenvalue weighted by molar-refractivity contribution is 7.26. The first-order valence-corrected chi connectivity index (χ1v) is 22.3. The second-order valence-corrected chi connectivity index (χ2v) is 18.1. The molecule has 7 heteroatoms. The molecule has 288 valence electrons. The van der Waals surface area contributed by atoms with Crippen LogP contribution in [0.25, 0.3) is 135 Å². The Morgan fingerprint density at radius 3 is 1.60 bits per heavy atom. The second-order valence-electron chi connectivity index (χ2n) is 15.9. The molecule has 5 heterocycles. The van der Waals surface area contributed by atoms with E-state index in [0.29, 0.717) is 17.5 Å². The van der Waals surface area contributed by atoms with Gasteiger partial charge < -0.3 is 8.98 Å². The standard InChI is InChI=1S/C55H30N4OS2/c1-2-12-32-28-45-43(27-31(32)11-1)35-13-3-7-17-44(35)59(45)51-42(26-25-41-36-14-4-8-18-46(36)60-52(41)51)55-57-53(33-21-23-39-37-15-5-9-19-47(37)61-49(39)29-33)56-54(58-55)34-22-24-40-38-16-6-10-20-48(38)62-50(40)30-34/h1-30H. The zero-order valence-electron chi connectivity index (χ0n) is 32.8. The molecule has 0 aliphatic carbocycles. The van der Waals surface area contributed by atoms with E-state index in [1.807, 2.05) is 12.1 Å². The van der Waals surface area contributed by atoms with Gasteiger partial charge in [0.15, 0.2) is 23.1 Å². The molecule has 5 nitrogen and oxygen atoms in total. The number of benzene rings is 9. The monoisotopic (exact) mass is 826 g/mol. The summed E-state index contributed by atoms with van der Waals surface area (Å²) in [6, 6.07) is 64.9. The summed E-state index contributed by atoms with van der Waals surface area (Å²) in [5.74, 6) is 1.80. The van der Waals surface area contributed by atoms with Crippen LogP contribution in [0, 0.1) is 0 Å². The quantitative estimate of drug-likeness (QED) is 0.177. The van der Waals surface area contributed by atoms with Crippen molar-refractivity contribution in [3.05, 3.63) is 182 Å². The van der Waals surface area contributed by atoms with Crippen LogP contribution in [-0.4, -0.2) is 19.5 Å². The van der Waals surface area contributed by atoms with Crippen molar-refractivity contribution in [1.82, 2.24) is 19.5 Å². The van der Waals surface area contributed by atoms with Gasteiger partial charge in [0.05, 0.1) is 11.0 Å². The topological polar surface area (TPSA) is 56.7 Å². The summed E-state index contributed by atoms with van der Waals surface area (Å²) in [4.78, 5) is 16.2. The number of aromatic nitrogens is 4. The Bertz CT molecular complexity index is 4060.